The predicted molar refractivity (Wildman–Crippen MR) is 160 cm³/mol. The predicted octanol–water partition coefficient (Wildman–Crippen LogP) is 9.25. The lowest BCUT2D eigenvalue weighted by Crippen LogP contribution is -2.62. The van der Waals surface area contributed by atoms with Crippen LogP contribution in [0.25, 0.3) is 0 Å². The van der Waals surface area contributed by atoms with Crippen molar-refractivity contribution in [2.45, 2.75) is 122 Å². The van der Waals surface area contributed by atoms with E-state index in [1.54, 1.807) is 24.3 Å². The molecule has 1 unspecified atom stereocenters. The third-order valence-corrected chi connectivity index (χ3v) is 18.9. The van der Waals surface area contributed by atoms with Gasteiger partial charge in [0.05, 0.1) is 8.07 Å². The molecule has 0 bridgehead atoms. The maximum Gasteiger partial charge on any atom is 0.192 e. The van der Waals surface area contributed by atoms with E-state index in [4.69, 9.17) is 4.43 Å². The third kappa shape index (κ3) is 7.48. The van der Waals surface area contributed by atoms with Crippen LogP contribution in [0.2, 0.25) is 37.3 Å². The Morgan fingerprint density at radius 3 is 1.56 bits per heavy atom. The van der Waals surface area contributed by atoms with Gasteiger partial charge in [-0.25, -0.2) is 0 Å². The summed E-state index contributed by atoms with van der Waals surface area (Å²) in [5, 5.41) is 19.4. The summed E-state index contributed by atoms with van der Waals surface area (Å²) in [6, 6.07) is 16.6. The zero-order valence-corrected chi connectivity index (χ0v) is 26.3. The Labute approximate surface area is 223 Å². The number of benzene rings is 2. The first-order valence-electron chi connectivity index (χ1n) is 14.1. The maximum absolute atomic E-state index is 9.58. The first-order valence-corrected chi connectivity index (χ1v) is 20.2. The summed E-state index contributed by atoms with van der Waals surface area (Å²) in [5.74, 6) is 0.677. The van der Waals surface area contributed by atoms with Crippen molar-refractivity contribution in [2.24, 2.45) is 0 Å². The van der Waals surface area contributed by atoms with Crippen molar-refractivity contribution in [1.29, 1.82) is 0 Å². The first kappa shape index (κ1) is 30.7. The number of phenols is 2. The van der Waals surface area contributed by atoms with Crippen LogP contribution in [-0.2, 0) is 17.3 Å². The Hall–Kier alpha value is -1.57. The highest BCUT2D eigenvalue weighted by atomic mass is 28.4. The highest BCUT2D eigenvalue weighted by Gasteiger charge is 2.52. The smallest absolute Gasteiger partial charge is 0.192 e. The van der Waals surface area contributed by atoms with E-state index in [0.717, 1.165) is 38.5 Å². The molecule has 0 aliphatic rings. The van der Waals surface area contributed by atoms with E-state index < -0.39 is 16.4 Å². The van der Waals surface area contributed by atoms with Crippen LogP contribution in [0.15, 0.2) is 48.5 Å². The van der Waals surface area contributed by atoms with Crippen molar-refractivity contribution in [2.75, 3.05) is 0 Å². The van der Waals surface area contributed by atoms with Crippen molar-refractivity contribution in [3.05, 3.63) is 59.7 Å². The molecule has 2 aromatic rings. The zero-order chi connectivity index (χ0) is 27.0. The van der Waals surface area contributed by atoms with Gasteiger partial charge < -0.3 is 14.6 Å². The van der Waals surface area contributed by atoms with Gasteiger partial charge in [-0.2, -0.15) is 0 Å². The molecule has 2 N–H and O–H groups in total. The van der Waals surface area contributed by atoms with Crippen LogP contribution >= 0.6 is 0 Å². The zero-order valence-electron chi connectivity index (χ0n) is 24.3. The van der Waals surface area contributed by atoms with E-state index in [-0.39, 0.29) is 10.3 Å². The van der Waals surface area contributed by atoms with Gasteiger partial charge in [-0.1, -0.05) is 83.9 Å². The average molecular weight is 529 g/mol. The van der Waals surface area contributed by atoms with E-state index >= 15 is 0 Å². The average Bonchev–Trinajstić information content (AvgIpc) is 2.84. The standard InChI is InChI=1S/C31H52O3Si2/c1-9-30(4,24-12-14-26-16-20-28(32)21-17-26)36(7,8)34-31(10-2,11-3)35(5,6)25-13-15-27-18-22-29(33)23-19-27/h16-23,32-33H,9-15,24-25H2,1-8H3. The Balaban J connectivity index is 2.11. The second kappa shape index (κ2) is 12.8. The fourth-order valence-electron chi connectivity index (χ4n) is 5.97. The van der Waals surface area contributed by atoms with Crippen LogP contribution < -0.4 is 0 Å². The molecule has 0 aliphatic heterocycles. The van der Waals surface area contributed by atoms with Gasteiger partial charge in [0.15, 0.2) is 8.32 Å². The summed E-state index contributed by atoms with van der Waals surface area (Å²) in [4.78, 5) is 0. The minimum absolute atomic E-state index is 0.00502. The van der Waals surface area contributed by atoms with Crippen molar-refractivity contribution < 1.29 is 14.6 Å². The second-order valence-corrected chi connectivity index (χ2v) is 21.8. The minimum Gasteiger partial charge on any atom is -0.508 e. The highest BCUT2D eigenvalue weighted by molar-refractivity contribution is 6.82. The summed E-state index contributed by atoms with van der Waals surface area (Å²) < 4.78 is 7.52. The van der Waals surface area contributed by atoms with Gasteiger partial charge in [0, 0.05) is 5.22 Å². The van der Waals surface area contributed by atoms with Gasteiger partial charge >= 0.3 is 0 Å². The molecule has 0 aliphatic carbocycles. The fourth-order valence-corrected chi connectivity index (χ4v) is 14.4. The molecule has 0 spiro atoms. The van der Waals surface area contributed by atoms with Crippen LogP contribution in [0.3, 0.4) is 0 Å². The van der Waals surface area contributed by atoms with Crippen molar-refractivity contribution in [3.8, 4) is 11.5 Å². The van der Waals surface area contributed by atoms with Crippen LogP contribution in [0, 0.1) is 0 Å². The van der Waals surface area contributed by atoms with E-state index in [2.05, 4.69) is 53.9 Å². The summed E-state index contributed by atoms with van der Waals surface area (Å²) in [6.07, 6.45) is 8.93. The van der Waals surface area contributed by atoms with Crippen molar-refractivity contribution in [1.82, 2.24) is 0 Å². The molecule has 2 rings (SSSR count). The first-order chi connectivity index (χ1) is 16.8. The normalized spacial score (nSPS) is 14.6. The molecule has 5 heteroatoms. The van der Waals surface area contributed by atoms with Crippen LogP contribution in [-0.4, -0.2) is 31.8 Å². The summed E-state index contributed by atoms with van der Waals surface area (Å²) >= 11 is 0. The number of hydrogen-bond donors (Lipinski definition) is 2. The lowest BCUT2D eigenvalue weighted by molar-refractivity contribution is 0.111. The molecule has 1 atom stereocenters. The van der Waals surface area contributed by atoms with Gasteiger partial charge in [0.25, 0.3) is 0 Å². The minimum atomic E-state index is -2.03. The van der Waals surface area contributed by atoms with Gasteiger partial charge in [-0.15, -0.1) is 0 Å². The monoisotopic (exact) mass is 528 g/mol. The van der Waals surface area contributed by atoms with Crippen LogP contribution in [0.4, 0.5) is 0 Å². The van der Waals surface area contributed by atoms with Gasteiger partial charge in [-0.05, 0) is 92.0 Å². The highest BCUT2D eigenvalue weighted by Crippen LogP contribution is 2.50. The second-order valence-electron chi connectivity index (χ2n) is 12.2. The lowest BCUT2D eigenvalue weighted by atomic mass is 9.98. The van der Waals surface area contributed by atoms with E-state index in [1.807, 2.05) is 24.3 Å². The molecule has 0 saturated heterocycles. The molecule has 0 radical (unpaired) electrons. The third-order valence-electron chi connectivity index (χ3n) is 9.39. The van der Waals surface area contributed by atoms with E-state index in [9.17, 15) is 10.2 Å². The Morgan fingerprint density at radius 1 is 0.694 bits per heavy atom. The molecule has 0 aromatic heterocycles. The van der Waals surface area contributed by atoms with Crippen molar-refractivity contribution >= 4 is 16.4 Å². The van der Waals surface area contributed by atoms with E-state index in [0.29, 0.717) is 11.5 Å². The molecule has 36 heavy (non-hydrogen) atoms. The summed E-state index contributed by atoms with van der Waals surface area (Å²) in [7, 11) is -3.73. The van der Waals surface area contributed by atoms with E-state index in [1.165, 1.54) is 30.0 Å². The summed E-state index contributed by atoms with van der Waals surface area (Å²) in [6.45, 7) is 19.6. The molecule has 0 fully saturated rings. The molecule has 2 aromatic carbocycles. The van der Waals surface area contributed by atoms with Crippen molar-refractivity contribution in [3.63, 3.8) is 0 Å². The summed E-state index contributed by atoms with van der Waals surface area (Å²) in [5.41, 5.74) is 2.60. The Bertz CT molecular complexity index is 918. The maximum atomic E-state index is 9.58. The van der Waals surface area contributed by atoms with Gasteiger partial charge in [0.2, 0.25) is 0 Å². The molecule has 0 heterocycles. The largest absolute Gasteiger partial charge is 0.508 e. The molecule has 0 amide bonds. The van der Waals surface area contributed by atoms with Gasteiger partial charge in [0.1, 0.15) is 11.5 Å². The van der Waals surface area contributed by atoms with Crippen LogP contribution in [0.5, 0.6) is 11.5 Å². The quantitative estimate of drug-likeness (QED) is 0.226. The Morgan fingerprint density at radius 2 is 1.14 bits per heavy atom. The molecular formula is C31H52O3Si2. The number of aromatic hydroxyl groups is 2. The molecule has 3 nitrogen and oxygen atoms in total. The Kier molecular flexibility index (Phi) is 10.9. The molecular weight excluding hydrogens is 477 g/mol. The van der Waals surface area contributed by atoms with Crippen LogP contribution in [0.1, 0.15) is 77.3 Å². The number of hydrogen-bond acceptors (Lipinski definition) is 3. The SMILES string of the molecule is CCC(CC)(O[Si](C)(C)C(C)(CC)CCCc1ccc(O)cc1)[Si](C)(C)CCCc1ccc(O)cc1. The number of aryl methyl sites for hydroxylation is 2. The topological polar surface area (TPSA) is 49.7 Å². The molecule has 202 valence electrons. The fraction of sp³-hybridized carbons (Fsp3) is 0.613. The number of phenolic OH excluding ortho intramolecular Hbond substituents is 2. The van der Waals surface area contributed by atoms with Gasteiger partial charge in [-0.3, -0.25) is 0 Å². The number of rotatable bonds is 15. The molecule has 0 saturated carbocycles. The lowest BCUT2D eigenvalue weighted by Gasteiger charge is -2.53.